The number of hydrogen-bond acceptors (Lipinski definition) is 5. The molecule has 0 aromatic heterocycles. The van der Waals surface area contributed by atoms with Crippen LogP contribution in [0.15, 0.2) is 41.3 Å². The van der Waals surface area contributed by atoms with Gasteiger partial charge in [0.05, 0.1) is 24.5 Å². The molecule has 126 valence electrons. The highest BCUT2D eigenvalue weighted by Gasteiger charge is 2.22. The van der Waals surface area contributed by atoms with Crippen molar-refractivity contribution in [2.24, 2.45) is 5.92 Å². The van der Waals surface area contributed by atoms with Crippen molar-refractivity contribution in [3.05, 3.63) is 42.0 Å². The van der Waals surface area contributed by atoms with Crippen LogP contribution in [0.25, 0.3) is 0 Å². The zero-order chi connectivity index (χ0) is 17.5. The fraction of sp³-hybridized carbons (Fsp3) is 0.375. The van der Waals surface area contributed by atoms with Crippen molar-refractivity contribution in [1.82, 2.24) is 4.72 Å². The minimum Gasteiger partial charge on any atom is -0.469 e. The summed E-state index contributed by atoms with van der Waals surface area (Å²) in [7, 11) is -2.50. The van der Waals surface area contributed by atoms with Crippen LogP contribution in [0, 0.1) is 12.8 Å². The van der Waals surface area contributed by atoms with Gasteiger partial charge in [0.25, 0.3) is 0 Å². The molecule has 0 fully saturated rings. The van der Waals surface area contributed by atoms with Crippen LogP contribution in [0.1, 0.15) is 18.9 Å². The highest BCUT2D eigenvalue weighted by atomic mass is 32.2. The van der Waals surface area contributed by atoms with Crippen LogP contribution in [-0.4, -0.2) is 33.8 Å². The molecule has 0 saturated carbocycles. The molecule has 0 aliphatic carbocycles. The van der Waals surface area contributed by atoms with Gasteiger partial charge in [0.1, 0.15) is 6.29 Å². The van der Waals surface area contributed by atoms with E-state index in [1.54, 1.807) is 31.2 Å². The zero-order valence-corrected chi connectivity index (χ0v) is 14.2. The standard InChI is InChI=1S/C16H21NO5S/c1-12-7-9-14(10-8-12)23(20,21)17-15(11-18)13(2)5-4-6-16(19)22-3/h4-5,7-11,13,15,17H,6H2,1-3H3/b5-4+/t13-,15-/m1/s1. The number of aldehydes is 1. The fourth-order valence-electron chi connectivity index (χ4n) is 1.81. The van der Waals surface area contributed by atoms with Crippen LogP contribution in [0.4, 0.5) is 0 Å². The Kier molecular flexibility index (Phi) is 7.12. The predicted octanol–water partition coefficient (Wildman–Crippen LogP) is 1.60. The molecule has 0 saturated heterocycles. The van der Waals surface area contributed by atoms with Crippen LogP contribution in [0.2, 0.25) is 0 Å². The monoisotopic (exact) mass is 339 g/mol. The minimum atomic E-state index is -3.79. The smallest absolute Gasteiger partial charge is 0.309 e. The van der Waals surface area contributed by atoms with Crippen molar-refractivity contribution >= 4 is 22.3 Å². The van der Waals surface area contributed by atoms with Gasteiger partial charge in [-0.1, -0.05) is 36.8 Å². The Morgan fingerprint density at radius 1 is 1.30 bits per heavy atom. The summed E-state index contributed by atoms with van der Waals surface area (Å²) in [6, 6.07) is 5.42. The molecular weight excluding hydrogens is 318 g/mol. The molecular formula is C16H21NO5S. The van der Waals surface area contributed by atoms with Crippen molar-refractivity contribution in [2.45, 2.75) is 31.2 Å². The summed E-state index contributed by atoms with van der Waals surface area (Å²) in [6.45, 7) is 3.54. The molecule has 0 heterocycles. The lowest BCUT2D eigenvalue weighted by Gasteiger charge is -2.17. The molecule has 0 aliphatic rings. The lowest BCUT2D eigenvalue weighted by atomic mass is 10.0. The Morgan fingerprint density at radius 3 is 2.43 bits per heavy atom. The van der Waals surface area contributed by atoms with E-state index >= 15 is 0 Å². The summed E-state index contributed by atoms with van der Waals surface area (Å²) in [5.74, 6) is -0.811. The Labute approximate surface area is 136 Å². The summed E-state index contributed by atoms with van der Waals surface area (Å²) in [5.41, 5.74) is 0.940. The summed E-state index contributed by atoms with van der Waals surface area (Å²) >= 11 is 0. The lowest BCUT2D eigenvalue weighted by molar-refractivity contribution is -0.139. The second-order valence-corrected chi connectivity index (χ2v) is 6.88. The van der Waals surface area contributed by atoms with Gasteiger partial charge in [0.15, 0.2) is 0 Å². The number of ether oxygens (including phenoxy) is 1. The molecule has 0 aliphatic heterocycles. The van der Waals surface area contributed by atoms with Gasteiger partial charge in [0.2, 0.25) is 10.0 Å². The van der Waals surface area contributed by atoms with E-state index < -0.39 is 28.0 Å². The average Bonchev–Trinajstić information content (AvgIpc) is 2.52. The first-order valence-corrected chi connectivity index (χ1v) is 8.56. The molecule has 6 nitrogen and oxygen atoms in total. The normalized spacial score (nSPS) is 14.4. The molecule has 0 spiro atoms. The largest absolute Gasteiger partial charge is 0.469 e. The number of sulfonamides is 1. The molecule has 0 unspecified atom stereocenters. The molecule has 1 N–H and O–H groups in total. The van der Waals surface area contributed by atoms with E-state index in [-0.39, 0.29) is 11.3 Å². The quantitative estimate of drug-likeness (QED) is 0.441. The molecule has 0 amide bonds. The maximum atomic E-state index is 12.3. The molecule has 1 rings (SSSR count). The van der Waals surface area contributed by atoms with Crippen molar-refractivity contribution < 1.29 is 22.7 Å². The number of methoxy groups -OCH3 is 1. The van der Waals surface area contributed by atoms with Crippen LogP contribution in [0.5, 0.6) is 0 Å². The molecule has 23 heavy (non-hydrogen) atoms. The molecule has 0 radical (unpaired) electrons. The van der Waals surface area contributed by atoms with Crippen molar-refractivity contribution in [3.63, 3.8) is 0 Å². The second kappa shape index (κ2) is 8.59. The molecule has 2 atom stereocenters. The molecule has 1 aromatic rings. The first kappa shape index (κ1) is 19.1. The predicted molar refractivity (Wildman–Crippen MR) is 86.3 cm³/mol. The Bertz CT molecular complexity index is 664. The number of rotatable bonds is 8. The SMILES string of the molecule is COC(=O)C/C=C/[C@@H](C)[C@@H](C=O)NS(=O)(=O)c1ccc(C)cc1. The second-order valence-electron chi connectivity index (χ2n) is 5.16. The maximum Gasteiger partial charge on any atom is 0.309 e. The Morgan fingerprint density at radius 2 is 1.91 bits per heavy atom. The van der Waals surface area contributed by atoms with E-state index in [0.29, 0.717) is 6.29 Å². The van der Waals surface area contributed by atoms with Crippen molar-refractivity contribution in [1.29, 1.82) is 0 Å². The van der Waals surface area contributed by atoms with Crippen LogP contribution in [0.3, 0.4) is 0 Å². The van der Waals surface area contributed by atoms with Gasteiger partial charge in [-0.05, 0) is 25.0 Å². The van der Waals surface area contributed by atoms with Gasteiger partial charge >= 0.3 is 5.97 Å². The van der Waals surface area contributed by atoms with Crippen LogP contribution >= 0.6 is 0 Å². The highest BCUT2D eigenvalue weighted by Crippen LogP contribution is 2.13. The summed E-state index contributed by atoms with van der Waals surface area (Å²) in [4.78, 5) is 22.3. The Balaban J connectivity index is 2.80. The van der Waals surface area contributed by atoms with Crippen LogP contribution in [-0.2, 0) is 24.3 Å². The topological polar surface area (TPSA) is 89.5 Å². The number of carbonyl (C=O) groups is 2. The number of nitrogens with one attached hydrogen (secondary N) is 1. The summed E-state index contributed by atoms with van der Waals surface area (Å²) in [5, 5.41) is 0. The first-order chi connectivity index (χ1) is 10.8. The van der Waals surface area contributed by atoms with Crippen molar-refractivity contribution in [3.8, 4) is 0 Å². The average molecular weight is 339 g/mol. The van der Waals surface area contributed by atoms with Gasteiger partial charge < -0.3 is 9.53 Å². The number of hydrogen-bond donors (Lipinski definition) is 1. The van der Waals surface area contributed by atoms with E-state index in [4.69, 9.17) is 0 Å². The molecule has 1 aromatic carbocycles. The van der Waals surface area contributed by atoms with E-state index in [9.17, 15) is 18.0 Å². The molecule has 7 heteroatoms. The van der Waals surface area contributed by atoms with E-state index in [0.717, 1.165) is 5.56 Å². The Hall–Kier alpha value is -1.99. The van der Waals surface area contributed by atoms with Gasteiger partial charge in [0, 0.05) is 0 Å². The third kappa shape index (κ3) is 5.96. The number of carbonyl (C=O) groups excluding carboxylic acids is 2. The summed E-state index contributed by atoms with van der Waals surface area (Å²) < 4.78 is 31.4. The highest BCUT2D eigenvalue weighted by molar-refractivity contribution is 7.89. The van der Waals surface area contributed by atoms with E-state index in [2.05, 4.69) is 9.46 Å². The third-order valence-electron chi connectivity index (χ3n) is 3.29. The van der Waals surface area contributed by atoms with Crippen molar-refractivity contribution in [2.75, 3.05) is 7.11 Å². The fourth-order valence-corrected chi connectivity index (χ4v) is 3.06. The van der Waals surface area contributed by atoms with Crippen LogP contribution < -0.4 is 4.72 Å². The third-order valence-corrected chi connectivity index (χ3v) is 4.76. The molecule has 0 bridgehead atoms. The maximum absolute atomic E-state index is 12.3. The lowest BCUT2D eigenvalue weighted by Crippen LogP contribution is -2.40. The number of aryl methyl sites for hydroxylation is 1. The summed E-state index contributed by atoms with van der Waals surface area (Å²) in [6.07, 6.45) is 3.76. The van der Waals surface area contributed by atoms with Gasteiger partial charge in [-0.2, -0.15) is 0 Å². The van der Waals surface area contributed by atoms with E-state index in [1.165, 1.54) is 19.2 Å². The minimum absolute atomic E-state index is 0.0666. The number of esters is 1. The van der Waals surface area contributed by atoms with Gasteiger partial charge in [-0.15, -0.1) is 0 Å². The van der Waals surface area contributed by atoms with Gasteiger partial charge in [-0.3, -0.25) is 4.79 Å². The zero-order valence-electron chi connectivity index (χ0n) is 13.4. The number of benzene rings is 1. The first-order valence-electron chi connectivity index (χ1n) is 7.08. The van der Waals surface area contributed by atoms with Gasteiger partial charge in [-0.25, -0.2) is 13.1 Å². The van der Waals surface area contributed by atoms with E-state index in [1.807, 2.05) is 6.92 Å².